The number of nitrogens with zero attached hydrogens (tertiary/aromatic N) is 4. The molecule has 9 heteroatoms. The second kappa shape index (κ2) is 8.94. The molecule has 0 aliphatic heterocycles. The van der Waals surface area contributed by atoms with Crippen LogP contribution in [0, 0.1) is 26.9 Å². The smallest absolute Gasteiger partial charge is 0.310 e. The normalized spacial score (nSPS) is 17.1. The summed E-state index contributed by atoms with van der Waals surface area (Å²) in [6.45, 7) is 1.99. The number of esters is 1. The van der Waals surface area contributed by atoms with Gasteiger partial charge >= 0.3 is 11.7 Å². The quantitative estimate of drug-likeness (QED) is 0.232. The zero-order valence-corrected chi connectivity index (χ0v) is 15.8. The fourth-order valence-electron chi connectivity index (χ4n) is 3.63. The monoisotopic (exact) mass is 378 g/mol. The van der Waals surface area contributed by atoms with E-state index in [1.54, 1.807) is 13.2 Å². The second-order valence-corrected chi connectivity index (χ2v) is 7.12. The Labute approximate surface area is 156 Å². The Kier molecular flexibility index (Phi) is 6.91. The molecule has 0 amide bonds. The SMILES string of the molecule is CCOC(=O)CC1(C(C#N)c2nc(SC)ncc2[N+](=O)[O-])CCCCC1. The predicted octanol–water partition coefficient (Wildman–Crippen LogP) is 3.62. The molecule has 1 aliphatic rings. The van der Waals surface area contributed by atoms with E-state index in [2.05, 4.69) is 16.0 Å². The van der Waals surface area contributed by atoms with Crippen molar-refractivity contribution in [1.82, 2.24) is 9.97 Å². The molecule has 0 spiro atoms. The van der Waals surface area contributed by atoms with E-state index in [-0.39, 0.29) is 30.4 Å². The van der Waals surface area contributed by atoms with Crippen molar-refractivity contribution in [1.29, 1.82) is 5.26 Å². The molecule has 0 bridgehead atoms. The van der Waals surface area contributed by atoms with Gasteiger partial charge in [-0.3, -0.25) is 14.9 Å². The van der Waals surface area contributed by atoms with E-state index in [0.717, 1.165) is 25.5 Å². The molecule has 1 aliphatic carbocycles. The van der Waals surface area contributed by atoms with Gasteiger partial charge in [-0.15, -0.1) is 0 Å². The molecular formula is C17H22N4O4S. The lowest BCUT2D eigenvalue weighted by Crippen LogP contribution is -2.35. The van der Waals surface area contributed by atoms with Crippen molar-refractivity contribution in [3.63, 3.8) is 0 Å². The third-order valence-electron chi connectivity index (χ3n) is 4.82. The number of carbonyl (C=O) groups excluding carboxylic acids is 1. The molecule has 1 fully saturated rings. The maximum Gasteiger partial charge on any atom is 0.310 e. The van der Waals surface area contributed by atoms with Crippen LogP contribution >= 0.6 is 11.8 Å². The van der Waals surface area contributed by atoms with Gasteiger partial charge in [-0.1, -0.05) is 31.0 Å². The zero-order valence-electron chi connectivity index (χ0n) is 14.9. The van der Waals surface area contributed by atoms with Gasteiger partial charge in [0.2, 0.25) is 0 Å². The number of nitro groups is 1. The molecular weight excluding hydrogens is 356 g/mol. The number of hydrogen-bond donors (Lipinski definition) is 0. The largest absolute Gasteiger partial charge is 0.466 e. The van der Waals surface area contributed by atoms with Crippen molar-refractivity contribution >= 4 is 23.4 Å². The van der Waals surface area contributed by atoms with Crippen molar-refractivity contribution in [3.8, 4) is 6.07 Å². The molecule has 2 rings (SSSR count). The Hall–Kier alpha value is -2.21. The van der Waals surface area contributed by atoms with Gasteiger partial charge in [0.1, 0.15) is 17.8 Å². The first kappa shape index (κ1) is 20.1. The predicted molar refractivity (Wildman–Crippen MR) is 95.6 cm³/mol. The summed E-state index contributed by atoms with van der Waals surface area (Å²) in [6, 6.07) is 2.21. The Morgan fingerprint density at radius 1 is 1.50 bits per heavy atom. The average Bonchev–Trinajstić information content (AvgIpc) is 2.62. The summed E-state index contributed by atoms with van der Waals surface area (Å²) in [5.74, 6) is -1.24. The molecule has 1 aromatic heterocycles. The third kappa shape index (κ3) is 4.30. The topological polar surface area (TPSA) is 119 Å². The van der Waals surface area contributed by atoms with Crippen LogP contribution in [0.5, 0.6) is 0 Å². The van der Waals surface area contributed by atoms with Crippen LogP contribution in [0.4, 0.5) is 5.69 Å². The van der Waals surface area contributed by atoms with Crippen LogP contribution in [-0.2, 0) is 9.53 Å². The van der Waals surface area contributed by atoms with Crippen LogP contribution in [0.3, 0.4) is 0 Å². The molecule has 1 aromatic rings. The van der Waals surface area contributed by atoms with Gasteiger partial charge in [0, 0.05) is 5.41 Å². The first-order valence-electron chi connectivity index (χ1n) is 8.58. The number of carbonyl (C=O) groups is 1. The highest BCUT2D eigenvalue weighted by Crippen LogP contribution is 2.51. The Balaban J connectivity index is 2.53. The lowest BCUT2D eigenvalue weighted by Gasteiger charge is -2.39. The lowest BCUT2D eigenvalue weighted by atomic mass is 9.63. The fourth-order valence-corrected chi connectivity index (χ4v) is 3.98. The van der Waals surface area contributed by atoms with E-state index < -0.39 is 16.3 Å². The zero-order chi connectivity index (χ0) is 19.2. The number of aromatic nitrogens is 2. The van der Waals surface area contributed by atoms with E-state index in [4.69, 9.17) is 4.74 Å². The molecule has 8 nitrogen and oxygen atoms in total. The summed E-state index contributed by atoms with van der Waals surface area (Å²) in [7, 11) is 0. The highest BCUT2D eigenvalue weighted by Gasteiger charge is 2.46. The van der Waals surface area contributed by atoms with E-state index in [1.807, 2.05) is 0 Å². The Bertz CT molecular complexity index is 713. The van der Waals surface area contributed by atoms with Crippen molar-refractivity contribution in [3.05, 3.63) is 22.0 Å². The summed E-state index contributed by atoms with van der Waals surface area (Å²) in [4.78, 5) is 31.4. The average molecular weight is 378 g/mol. The van der Waals surface area contributed by atoms with Crippen molar-refractivity contribution in [2.24, 2.45) is 5.41 Å². The molecule has 1 saturated carbocycles. The third-order valence-corrected chi connectivity index (χ3v) is 5.38. The van der Waals surface area contributed by atoms with E-state index in [9.17, 15) is 20.2 Å². The minimum Gasteiger partial charge on any atom is -0.466 e. The first-order chi connectivity index (χ1) is 12.5. The summed E-state index contributed by atoms with van der Waals surface area (Å²) in [5, 5.41) is 21.8. The summed E-state index contributed by atoms with van der Waals surface area (Å²) in [6.07, 6.45) is 7.01. The number of ether oxygens (including phenoxy) is 1. The number of thioether (sulfide) groups is 1. The minimum atomic E-state index is -0.860. The maximum atomic E-state index is 12.2. The van der Waals surface area contributed by atoms with Gasteiger partial charge in [-0.05, 0) is 26.0 Å². The molecule has 0 radical (unpaired) electrons. The van der Waals surface area contributed by atoms with Crippen LogP contribution in [0.15, 0.2) is 11.4 Å². The Morgan fingerprint density at radius 2 is 2.19 bits per heavy atom. The van der Waals surface area contributed by atoms with Gasteiger partial charge in [0.05, 0.1) is 24.0 Å². The van der Waals surface area contributed by atoms with Crippen LogP contribution < -0.4 is 0 Å². The van der Waals surface area contributed by atoms with Gasteiger partial charge < -0.3 is 4.74 Å². The number of hydrogen-bond acceptors (Lipinski definition) is 8. The summed E-state index contributed by atoms with van der Waals surface area (Å²) < 4.78 is 5.10. The molecule has 0 aromatic carbocycles. The van der Waals surface area contributed by atoms with E-state index in [0.29, 0.717) is 18.0 Å². The fraction of sp³-hybridized carbons (Fsp3) is 0.647. The van der Waals surface area contributed by atoms with Crippen LogP contribution in [-0.4, -0.2) is 33.7 Å². The van der Waals surface area contributed by atoms with E-state index in [1.165, 1.54) is 11.8 Å². The van der Waals surface area contributed by atoms with Crippen molar-refractivity contribution in [2.45, 2.75) is 56.5 Å². The highest BCUT2D eigenvalue weighted by atomic mass is 32.2. The van der Waals surface area contributed by atoms with Crippen LogP contribution in [0.2, 0.25) is 0 Å². The molecule has 0 saturated heterocycles. The number of nitriles is 1. The lowest BCUT2D eigenvalue weighted by molar-refractivity contribution is -0.386. The number of rotatable bonds is 7. The molecule has 0 N–H and O–H groups in total. The van der Waals surface area contributed by atoms with Crippen molar-refractivity contribution < 1.29 is 14.5 Å². The van der Waals surface area contributed by atoms with Gasteiger partial charge in [-0.25, -0.2) is 9.97 Å². The Morgan fingerprint density at radius 3 is 2.73 bits per heavy atom. The van der Waals surface area contributed by atoms with Crippen molar-refractivity contribution in [2.75, 3.05) is 12.9 Å². The molecule has 1 atom stereocenters. The summed E-state index contributed by atoms with van der Waals surface area (Å²) >= 11 is 1.25. The van der Waals surface area contributed by atoms with Crippen LogP contribution in [0.25, 0.3) is 0 Å². The van der Waals surface area contributed by atoms with E-state index >= 15 is 0 Å². The summed E-state index contributed by atoms with van der Waals surface area (Å²) in [5.41, 5.74) is -0.875. The first-order valence-corrected chi connectivity index (χ1v) is 9.80. The highest BCUT2D eigenvalue weighted by molar-refractivity contribution is 7.98. The standard InChI is InChI=1S/C17H22N4O4S/c1-3-25-14(22)9-17(7-5-4-6-8-17)12(10-18)15-13(21(23)24)11-19-16(20-15)26-2/h11-12H,3-9H2,1-2H3. The van der Waals surface area contributed by atoms with Crippen LogP contribution in [0.1, 0.15) is 57.1 Å². The minimum absolute atomic E-state index is 0.0643. The molecule has 26 heavy (non-hydrogen) atoms. The van der Waals surface area contributed by atoms with Gasteiger partial charge in [-0.2, -0.15) is 5.26 Å². The van der Waals surface area contributed by atoms with Gasteiger partial charge in [0.25, 0.3) is 0 Å². The van der Waals surface area contributed by atoms with Gasteiger partial charge in [0.15, 0.2) is 5.16 Å². The second-order valence-electron chi connectivity index (χ2n) is 6.35. The molecule has 1 unspecified atom stereocenters. The molecule has 1 heterocycles. The maximum absolute atomic E-state index is 12.2. The molecule has 140 valence electrons.